The van der Waals surface area contributed by atoms with E-state index in [0.29, 0.717) is 5.75 Å². The van der Waals surface area contributed by atoms with Crippen LogP contribution in [0.25, 0.3) is 11.0 Å². The zero-order chi connectivity index (χ0) is 13.9. The van der Waals surface area contributed by atoms with Gasteiger partial charge in [0.15, 0.2) is 0 Å². The van der Waals surface area contributed by atoms with Crippen molar-refractivity contribution in [2.24, 2.45) is 5.73 Å². The minimum atomic E-state index is -0.226. The van der Waals surface area contributed by atoms with Crippen LogP contribution < -0.4 is 5.73 Å². The fourth-order valence-electron chi connectivity index (χ4n) is 1.98. The van der Waals surface area contributed by atoms with Crippen molar-refractivity contribution in [1.82, 2.24) is 0 Å². The van der Waals surface area contributed by atoms with Crippen molar-refractivity contribution in [3.63, 3.8) is 0 Å². The summed E-state index contributed by atoms with van der Waals surface area (Å²) in [4.78, 5) is 0.998. The lowest BCUT2D eigenvalue weighted by atomic mass is 10.2. The number of hydrogen-bond donors (Lipinski definition) is 1. The molecule has 0 saturated heterocycles. The molecule has 0 amide bonds. The van der Waals surface area contributed by atoms with E-state index >= 15 is 0 Å². The van der Waals surface area contributed by atoms with Gasteiger partial charge in [-0.25, -0.2) is 4.39 Å². The Morgan fingerprint density at radius 2 is 1.85 bits per heavy atom. The Hall–Kier alpha value is -1.78. The van der Waals surface area contributed by atoms with Crippen LogP contribution in [-0.4, -0.2) is 5.75 Å². The summed E-state index contributed by atoms with van der Waals surface area (Å²) in [6.45, 7) is 0. The Balaban J connectivity index is 1.69. The third-order valence-electron chi connectivity index (χ3n) is 3.05. The minimum absolute atomic E-state index is 0.183. The van der Waals surface area contributed by atoms with Gasteiger partial charge in [-0.2, -0.15) is 0 Å². The molecule has 2 aromatic carbocycles. The van der Waals surface area contributed by atoms with Crippen molar-refractivity contribution in [2.45, 2.75) is 10.9 Å². The highest BCUT2D eigenvalue weighted by Gasteiger charge is 2.12. The molecule has 20 heavy (non-hydrogen) atoms. The Labute approximate surface area is 120 Å². The maximum absolute atomic E-state index is 12.8. The summed E-state index contributed by atoms with van der Waals surface area (Å²) >= 11 is 1.59. The van der Waals surface area contributed by atoms with E-state index in [1.807, 2.05) is 30.3 Å². The Morgan fingerprint density at radius 3 is 2.60 bits per heavy atom. The molecule has 0 bridgehead atoms. The average Bonchev–Trinajstić information content (AvgIpc) is 2.90. The number of nitrogens with two attached hydrogens (primary N) is 1. The molecule has 0 saturated carbocycles. The second kappa shape index (κ2) is 5.69. The second-order valence-corrected chi connectivity index (χ2v) is 5.65. The Morgan fingerprint density at radius 1 is 1.10 bits per heavy atom. The average molecular weight is 287 g/mol. The quantitative estimate of drug-likeness (QED) is 0.724. The summed E-state index contributed by atoms with van der Waals surface area (Å²) in [5.74, 6) is 1.24. The highest BCUT2D eigenvalue weighted by molar-refractivity contribution is 7.99. The lowest BCUT2D eigenvalue weighted by Gasteiger charge is -2.08. The van der Waals surface area contributed by atoms with Crippen molar-refractivity contribution in [1.29, 1.82) is 0 Å². The van der Waals surface area contributed by atoms with Gasteiger partial charge in [-0.3, -0.25) is 0 Å². The first-order valence-corrected chi connectivity index (χ1v) is 7.33. The zero-order valence-electron chi connectivity index (χ0n) is 10.8. The number of thioether (sulfide) groups is 1. The van der Waals surface area contributed by atoms with Crippen molar-refractivity contribution in [3.8, 4) is 0 Å². The molecule has 0 fully saturated rings. The minimum Gasteiger partial charge on any atom is -0.459 e. The van der Waals surface area contributed by atoms with Crippen LogP contribution in [0.3, 0.4) is 0 Å². The molecule has 2 nitrogen and oxygen atoms in total. The van der Waals surface area contributed by atoms with E-state index in [2.05, 4.69) is 0 Å². The van der Waals surface area contributed by atoms with Crippen molar-refractivity contribution < 1.29 is 8.81 Å². The molecule has 0 spiro atoms. The van der Waals surface area contributed by atoms with E-state index in [1.54, 1.807) is 23.9 Å². The van der Waals surface area contributed by atoms with Gasteiger partial charge in [-0.05, 0) is 36.4 Å². The number of hydrogen-bond acceptors (Lipinski definition) is 3. The molecule has 3 rings (SSSR count). The molecular weight excluding hydrogens is 273 g/mol. The highest BCUT2D eigenvalue weighted by atomic mass is 32.2. The van der Waals surface area contributed by atoms with E-state index in [-0.39, 0.29) is 11.9 Å². The number of para-hydroxylation sites is 1. The van der Waals surface area contributed by atoms with E-state index in [1.165, 1.54) is 12.1 Å². The Kier molecular flexibility index (Phi) is 3.76. The van der Waals surface area contributed by atoms with Gasteiger partial charge < -0.3 is 10.2 Å². The number of benzene rings is 2. The van der Waals surface area contributed by atoms with Crippen LogP contribution in [0.15, 0.2) is 63.9 Å². The largest absolute Gasteiger partial charge is 0.459 e. The molecule has 0 aliphatic carbocycles. The number of furan rings is 1. The van der Waals surface area contributed by atoms with Gasteiger partial charge in [0.05, 0.1) is 6.04 Å². The first-order chi connectivity index (χ1) is 9.72. The Bertz CT molecular complexity index is 675. The predicted octanol–water partition coefficient (Wildman–Crippen LogP) is 4.36. The van der Waals surface area contributed by atoms with Gasteiger partial charge in [-0.1, -0.05) is 18.2 Å². The normalized spacial score (nSPS) is 12.7. The monoisotopic (exact) mass is 287 g/mol. The first-order valence-electron chi connectivity index (χ1n) is 6.35. The SMILES string of the molecule is NC(CSc1ccc(F)cc1)c1cc2ccccc2o1. The van der Waals surface area contributed by atoms with Crippen LogP contribution >= 0.6 is 11.8 Å². The van der Waals surface area contributed by atoms with E-state index in [9.17, 15) is 4.39 Å². The number of halogens is 1. The van der Waals surface area contributed by atoms with Gasteiger partial charge in [0.2, 0.25) is 0 Å². The maximum Gasteiger partial charge on any atom is 0.134 e. The van der Waals surface area contributed by atoms with Crippen LogP contribution in [0.4, 0.5) is 4.39 Å². The molecular formula is C16H14FNOS. The lowest BCUT2D eigenvalue weighted by molar-refractivity contribution is 0.516. The zero-order valence-corrected chi connectivity index (χ0v) is 11.6. The molecule has 0 radical (unpaired) electrons. The summed E-state index contributed by atoms with van der Waals surface area (Å²) < 4.78 is 18.6. The standard InChI is InChI=1S/C16H14FNOS/c17-12-5-7-13(8-6-12)20-10-14(18)16-9-11-3-1-2-4-15(11)19-16/h1-9,14H,10,18H2. The molecule has 0 aliphatic rings. The van der Waals surface area contributed by atoms with Crippen LogP contribution in [-0.2, 0) is 0 Å². The fourth-order valence-corrected chi connectivity index (χ4v) is 2.85. The number of rotatable bonds is 4. The molecule has 1 aromatic heterocycles. The topological polar surface area (TPSA) is 39.2 Å². The molecule has 0 aliphatic heterocycles. The summed E-state index contributed by atoms with van der Waals surface area (Å²) in [5.41, 5.74) is 7.00. The first kappa shape index (κ1) is 13.2. The molecule has 102 valence electrons. The summed E-state index contributed by atoms with van der Waals surface area (Å²) in [6.07, 6.45) is 0. The summed E-state index contributed by atoms with van der Waals surface area (Å²) in [7, 11) is 0. The third kappa shape index (κ3) is 2.86. The van der Waals surface area contributed by atoms with Gasteiger partial charge in [0.1, 0.15) is 17.2 Å². The van der Waals surface area contributed by atoms with Crippen LogP contribution in [0, 0.1) is 5.82 Å². The highest BCUT2D eigenvalue weighted by Crippen LogP contribution is 2.27. The lowest BCUT2D eigenvalue weighted by Crippen LogP contribution is -2.11. The van der Waals surface area contributed by atoms with Crippen LogP contribution in [0.5, 0.6) is 0 Å². The molecule has 1 heterocycles. The van der Waals surface area contributed by atoms with E-state index in [4.69, 9.17) is 10.2 Å². The summed E-state index contributed by atoms with van der Waals surface area (Å²) in [5, 5.41) is 1.06. The maximum atomic E-state index is 12.8. The second-order valence-electron chi connectivity index (χ2n) is 4.56. The molecule has 2 N–H and O–H groups in total. The molecule has 1 atom stereocenters. The molecule has 4 heteroatoms. The van der Waals surface area contributed by atoms with E-state index < -0.39 is 0 Å². The molecule has 1 unspecified atom stereocenters. The van der Waals surface area contributed by atoms with Gasteiger partial charge in [-0.15, -0.1) is 11.8 Å². The van der Waals surface area contributed by atoms with Crippen molar-refractivity contribution in [3.05, 3.63) is 66.2 Å². The molecule has 3 aromatic rings. The number of fused-ring (bicyclic) bond motifs is 1. The van der Waals surface area contributed by atoms with Gasteiger partial charge >= 0.3 is 0 Å². The van der Waals surface area contributed by atoms with Crippen LogP contribution in [0.1, 0.15) is 11.8 Å². The smallest absolute Gasteiger partial charge is 0.134 e. The van der Waals surface area contributed by atoms with E-state index in [0.717, 1.165) is 21.6 Å². The van der Waals surface area contributed by atoms with Crippen molar-refractivity contribution >= 4 is 22.7 Å². The summed E-state index contributed by atoms with van der Waals surface area (Å²) in [6, 6.07) is 16.1. The van der Waals surface area contributed by atoms with Crippen molar-refractivity contribution in [2.75, 3.05) is 5.75 Å². The van der Waals surface area contributed by atoms with Gasteiger partial charge in [0.25, 0.3) is 0 Å². The van der Waals surface area contributed by atoms with Gasteiger partial charge in [0, 0.05) is 16.0 Å². The van der Waals surface area contributed by atoms with Crippen LogP contribution in [0.2, 0.25) is 0 Å². The fraction of sp³-hybridized carbons (Fsp3) is 0.125. The third-order valence-corrected chi connectivity index (χ3v) is 4.18. The predicted molar refractivity (Wildman–Crippen MR) is 80.3 cm³/mol.